The van der Waals surface area contributed by atoms with Crippen LogP contribution in [-0.4, -0.2) is 63.4 Å². The Balaban J connectivity index is 1.84. The molecule has 0 aliphatic carbocycles. The molecule has 2 heterocycles. The number of carbonyl (C=O) groups is 1. The van der Waals surface area contributed by atoms with Gasteiger partial charge in [-0.2, -0.15) is 8.42 Å². The predicted molar refractivity (Wildman–Crippen MR) is 127 cm³/mol. The van der Waals surface area contributed by atoms with Gasteiger partial charge in [-0.05, 0) is 58.3 Å². The number of esters is 1. The van der Waals surface area contributed by atoms with Crippen LogP contribution in [-0.2, 0) is 33.3 Å². The van der Waals surface area contributed by atoms with Crippen LogP contribution in [0.4, 0.5) is 0 Å². The van der Waals surface area contributed by atoms with Crippen LogP contribution in [0.15, 0.2) is 58.6 Å². The summed E-state index contributed by atoms with van der Waals surface area (Å²) < 4.78 is 53.7. The van der Waals surface area contributed by atoms with Crippen LogP contribution in [0.25, 0.3) is 0 Å². The van der Waals surface area contributed by atoms with Crippen molar-refractivity contribution < 1.29 is 41.4 Å². The van der Waals surface area contributed by atoms with E-state index in [9.17, 15) is 18.3 Å². The lowest BCUT2D eigenvalue weighted by Crippen LogP contribution is -2.62. The van der Waals surface area contributed by atoms with Crippen molar-refractivity contribution in [3.05, 3.63) is 58.0 Å². The number of aliphatic hydroxyl groups excluding tert-OH is 1. The molecular weight excluding hydrogens is 587 g/mol. The topological polar surface area (TPSA) is 118 Å². The van der Waals surface area contributed by atoms with Gasteiger partial charge in [0.2, 0.25) is 6.29 Å². The molecule has 1 aromatic carbocycles. The third kappa shape index (κ3) is 6.97. The van der Waals surface area contributed by atoms with E-state index in [1.54, 1.807) is 23.6 Å². The lowest BCUT2D eigenvalue weighted by atomic mass is 9.98. The summed E-state index contributed by atoms with van der Waals surface area (Å²) in [7, 11) is -4.04. The van der Waals surface area contributed by atoms with Gasteiger partial charge in [0.15, 0.2) is 6.10 Å². The van der Waals surface area contributed by atoms with Crippen molar-refractivity contribution in [3.8, 4) is 5.75 Å². The standard InChI is InChI=1S/C21H23IO9S2/c1-3-10-27-19-18(24)16(12-28-33(25,26)17-5-4-11-32-17)31-21(20(19)29-13(2)23)30-15-8-6-14(22)7-9-15/h3-9,11,16,18-21,24H,1,10,12H2,2H3/t16-,18-,19+,20-,21-/m1/s1. The summed E-state index contributed by atoms with van der Waals surface area (Å²) in [4.78, 5) is 11.8. The first-order valence-corrected chi connectivity index (χ1v) is 13.2. The number of aliphatic hydroxyl groups is 1. The molecule has 1 aliphatic rings. The van der Waals surface area contributed by atoms with Gasteiger partial charge in [0.05, 0.1) is 13.2 Å². The predicted octanol–water partition coefficient (Wildman–Crippen LogP) is 2.73. The molecule has 3 rings (SSSR count). The minimum Gasteiger partial charge on any atom is -0.461 e. The van der Waals surface area contributed by atoms with Crippen molar-refractivity contribution in [2.24, 2.45) is 0 Å². The summed E-state index contributed by atoms with van der Waals surface area (Å²) in [5.41, 5.74) is 0. The van der Waals surface area contributed by atoms with E-state index < -0.39 is 53.4 Å². The normalized spacial score (nSPS) is 25.4. The fraction of sp³-hybridized carbons (Fsp3) is 0.381. The van der Waals surface area contributed by atoms with Crippen LogP contribution in [0, 0.1) is 3.57 Å². The van der Waals surface area contributed by atoms with Crippen molar-refractivity contribution in [1.29, 1.82) is 0 Å². The summed E-state index contributed by atoms with van der Waals surface area (Å²) >= 11 is 3.15. The Morgan fingerprint density at radius 2 is 2.00 bits per heavy atom. The Hall–Kier alpha value is -1.55. The van der Waals surface area contributed by atoms with Crippen LogP contribution in [0.5, 0.6) is 5.75 Å². The van der Waals surface area contributed by atoms with Crippen molar-refractivity contribution in [2.45, 2.75) is 41.8 Å². The van der Waals surface area contributed by atoms with E-state index in [1.807, 2.05) is 12.1 Å². The molecule has 0 saturated carbocycles. The highest BCUT2D eigenvalue weighted by molar-refractivity contribution is 14.1. The third-order valence-corrected chi connectivity index (χ3v) is 7.88. The summed E-state index contributed by atoms with van der Waals surface area (Å²) in [6, 6.07) is 10.0. The van der Waals surface area contributed by atoms with E-state index >= 15 is 0 Å². The third-order valence-electron chi connectivity index (χ3n) is 4.52. The average Bonchev–Trinajstić information content (AvgIpc) is 3.32. The Morgan fingerprint density at radius 3 is 2.61 bits per heavy atom. The maximum Gasteiger partial charge on any atom is 0.306 e. The minimum atomic E-state index is -4.04. The molecule has 0 unspecified atom stereocenters. The van der Waals surface area contributed by atoms with Gasteiger partial charge in [-0.1, -0.05) is 12.1 Å². The first-order chi connectivity index (χ1) is 15.7. The lowest BCUT2D eigenvalue weighted by molar-refractivity contribution is -0.287. The SMILES string of the molecule is C=CCO[C@H]1[C@H](O)[C@@H](COS(=O)(=O)c2cccs2)O[C@@H](Oc2ccc(I)cc2)[C@@H]1OC(C)=O. The molecule has 0 amide bonds. The van der Waals surface area contributed by atoms with Gasteiger partial charge in [-0.25, -0.2) is 0 Å². The first kappa shape index (κ1) is 26.1. The first-order valence-electron chi connectivity index (χ1n) is 9.79. The fourth-order valence-corrected chi connectivity index (χ4v) is 5.34. The second kappa shape index (κ2) is 11.7. The molecule has 0 bridgehead atoms. The highest BCUT2D eigenvalue weighted by atomic mass is 127. The summed E-state index contributed by atoms with van der Waals surface area (Å²) in [6.07, 6.45) is -4.51. The lowest BCUT2D eigenvalue weighted by Gasteiger charge is -2.43. The molecule has 1 N–H and O–H groups in total. The molecule has 1 saturated heterocycles. The summed E-state index contributed by atoms with van der Waals surface area (Å²) in [5, 5.41) is 12.5. The fourth-order valence-electron chi connectivity index (χ4n) is 3.08. The van der Waals surface area contributed by atoms with E-state index in [0.717, 1.165) is 14.9 Å². The van der Waals surface area contributed by atoms with Crippen molar-refractivity contribution >= 4 is 50.0 Å². The highest BCUT2D eigenvalue weighted by Gasteiger charge is 2.49. The maximum atomic E-state index is 12.4. The number of carbonyl (C=O) groups excluding carboxylic acids is 1. The van der Waals surface area contributed by atoms with Gasteiger partial charge in [0.25, 0.3) is 0 Å². The van der Waals surface area contributed by atoms with E-state index in [0.29, 0.717) is 5.75 Å². The number of halogens is 1. The minimum absolute atomic E-state index is 0.0248. The van der Waals surface area contributed by atoms with Crippen molar-refractivity contribution in [3.63, 3.8) is 0 Å². The van der Waals surface area contributed by atoms with Gasteiger partial charge in [-0.3, -0.25) is 8.98 Å². The number of thiophene rings is 1. The second-order valence-corrected chi connectivity index (χ2v) is 11.0. The molecule has 12 heteroatoms. The van der Waals surface area contributed by atoms with Gasteiger partial charge in [0.1, 0.15) is 28.3 Å². The molecule has 1 aromatic heterocycles. The second-order valence-electron chi connectivity index (χ2n) is 6.94. The summed E-state index contributed by atoms with van der Waals surface area (Å²) in [6.45, 7) is 4.33. The monoisotopic (exact) mass is 610 g/mol. The molecule has 33 heavy (non-hydrogen) atoms. The smallest absolute Gasteiger partial charge is 0.306 e. The summed E-state index contributed by atoms with van der Waals surface area (Å²) in [5.74, 6) is -0.212. The van der Waals surface area contributed by atoms with Crippen LogP contribution < -0.4 is 4.74 Å². The van der Waals surface area contributed by atoms with Crippen LogP contribution >= 0.6 is 33.9 Å². The van der Waals surface area contributed by atoms with E-state index in [4.69, 9.17) is 23.1 Å². The zero-order valence-corrected chi connectivity index (χ0v) is 21.3. The molecular formula is C21H23IO9S2. The van der Waals surface area contributed by atoms with E-state index in [1.165, 1.54) is 19.1 Å². The Labute approximate surface area is 209 Å². The van der Waals surface area contributed by atoms with Gasteiger partial charge < -0.3 is 24.1 Å². The number of benzene rings is 1. The molecule has 180 valence electrons. The van der Waals surface area contributed by atoms with Gasteiger partial charge >= 0.3 is 16.1 Å². The van der Waals surface area contributed by atoms with Gasteiger partial charge in [-0.15, -0.1) is 17.9 Å². The Morgan fingerprint density at radius 1 is 1.27 bits per heavy atom. The van der Waals surface area contributed by atoms with Crippen LogP contribution in [0.3, 0.4) is 0 Å². The van der Waals surface area contributed by atoms with Gasteiger partial charge in [0, 0.05) is 10.5 Å². The number of rotatable bonds is 10. The molecule has 9 nitrogen and oxygen atoms in total. The average molecular weight is 610 g/mol. The molecule has 0 radical (unpaired) electrons. The largest absolute Gasteiger partial charge is 0.461 e. The maximum absolute atomic E-state index is 12.4. The molecule has 1 fully saturated rings. The Bertz CT molecular complexity index is 1020. The van der Waals surface area contributed by atoms with E-state index in [2.05, 4.69) is 29.2 Å². The number of ether oxygens (including phenoxy) is 4. The molecule has 1 aliphatic heterocycles. The zero-order valence-electron chi connectivity index (χ0n) is 17.5. The molecule has 5 atom stereocenters. The quantitative estimate of drug-likeness (QED) is 0.188. The van der Waals surface area contributed by atoms with Crippen molar-refractivity contribution in [1.82, 2.24) is 0 Å². The zero-order chi connectivity index (χ0) is 24.0. The molecule has 0 spiro atoms. The Kier molecular flexibility index (Phi) is 9.26. The van der Waals surface area contributed by atoms with Crippen molar-refractivity contribution in [2.75, 3.05) is 13.2 Å². The van der Waals surface area contributed by atoms with E-state index in [-0.39, 0.29) is 10.8 Å². The number of hydrogen-bond acceptors (Lipinski definition) is 10. The van der Waals surface area contributed by atoms with Crippen LogP contribution in [0.2, 0.25) is 0 Å². The van der Waals surface area contributed by atoms with Crippen LogP contribution in [0.1, 0.15) is 6.92 Å². The number of hydrogen-bond donors (Lipinski definition) is 1. The molecule has 2 aromatic rings. The highest BCUT2D eigenvalue weighted by Crippen LogP contribution is 2.30.